The number of amides is 1. The SMILES string of the molecule is CCNC(=NCc1ccc(CN2CCCC2=O)cc1)NCC(C)Oc1ccc(F)cc1. The highest BCUT2D eigenvalue weighted by Crippen LogP contribution is 2.15. The van der Waals surface area contributed by atoms with Gasteiger partial charge in [-0.15, -0.1) is 0 Å². The minimum atomic E-state index is -0.280. The molecule has 0 radical (unpaired) electrons. The van der Waals surface area contributed by atoms with Gasteiger partial charge in [0, 0.05) is 26.1 Å². The van der Waals surface area contributed by atoms with Gasteiger partial charge >= 0.3 is 0 Å². The summed E-state index contributed by atoms with van der Waals surface area (Å²) in [5, 5.41) is 6.52. The van der Waals surface area contributed by atoms with Crippen molar-refractivity contribution in [2.75, 3.05) is 19.6 Å². The van der Waals surface area contributed by atoms with Crippen LogP contribution in [0, 0.1) is 5.82 Å². The van der Waals surface area contributed by atoms with E-state index >= 15 is 0 Å². The maximum atomic E-state index is 13.0. The van der Waals surface area contributed by atoms with Crippen LogP contribution in [0.4, 0.5) is 4.39 Å². The largest absolute Gasteiger partial charge is 0.489 e. The first-order valence-corrected chi connectivity index (χ1v) is 10.8. The molecule has 1 amide bonds. The van der Waals surface area contributed by atoms with E-state index < -0.39 is 0 Å². The van der Waals surface area contributed by atoms with Crippen LogP contribution in [0.3, 0.4) is 0 Å². The molecule has 7 heteroatoms. The summed E-state index contributed by atoms with van der Waals surface area (Å²) in [5.41, 5.74) is 2.24. The molecule has 31 heavy (non-hydrogen) atoms. The Morgan fingerprint density at radius 2 is 1.84 bits per heavy atom. The third-order valence-electron chi connectivity index (χ3n) is 5.04. The van der Waals surface area contributed by atoms with Crippen molar-refractivity contribution in [3.05, 3.63) is 65.5 Å². The Morgan fingerprint density at radius 1 is 1.13 bits per heavy atom. The van der Waals surface area contributed by atoms with E-state index in [2.05, 4.69) is 39.9 Å². The van der Waals surface area contributed by atoms with Crippen molar-refractivity contribution in [2.45, 2.75) is 45.9 Å². The quantitative estimate of drug-likeness (QED) is 0.476. The highest BCUT2D eigenvalue weighted by atomic mass is 19.1. The maximum absolute atomic E-state index is 13.0. The van der Waals surface area contributed by atoms with Crippen LogP contribution in [-0.4, -0.2) is 42.5 Å². The third kappa shape index (κ3) is 7.27. The Balaban J connectivity index is 1.49. The van der Waals surface area contributed by atoms with Crippen molar-refractivity contribution in [3.8, 4) is 5.75 Å². The number of carbonyl (C=O) groups is 1. The van der Waals surface area contributed by atoms with Gasteiger partial charge in [0.05, 0.1) is 13.1 Å². The molecule has 166 valence electrons. The number of hydrogen-bond acceptors (Lipinski definition) is 3. The predicted octanol–water partition coefficient (Wildman–Crippen LogP) is 3.47. The van der Waals surface area contributed by atoms with Gasteiger partial charge in [0.15, 0.2) is 5.96 Å². The zero-order valence-electron chi connectivity index (χ0n) is 18.2. The van der Waals surface area contributed by atoms with Crippen LogP contribution in [0.25, 0.3) is 0 Å². The lowest BCUT2D eigenvalue weighted by Gasteiger charge is -2.18. The Morgan fingerprint density at radius 3 is 2.48 bits per heavy atom. The van der Waals surface area contributed by atoms with Crippen molar-refractivity contribution in [2.24, 2.45) is 4.99 Å². The predicted molar refractivity (Wildman–Crippen MR) is 120 cm³/mol. The molecule has 0 spiro atoms. The lowest BCUT2D eigenvalue weighted by Crippen LogP contribution is -2.41. The molecule has 3 rings (SSSR count). The lowest BCUT2D eigenvalue weighted by molar-refractivity contribution is -0.128. The molecule has 1 saturated heterocycles. The molecule has 0 aromatic heterocycles. The minimum Gasteiger partial charge on any atom is -0.489 e. The molecular formula is C24H31FN4O2. The molecule has 2 aromatic rings. The number of nitrogens with one attached hydrogen (secondary N) is 2. The molecule has 1 atom stereocenters. The second kappa shape index (κ2) is 11.3. The number of ether oxygens (including phenoxy) is 1. The zero-order valence-corrected chi connectivity index (χ0v) is 18.2. The van der Waals surface area contributed by atoms with Crippen molar-refractivity contribution in [1.29, 1.82) is 0 Å². The van der Waals surface area contributed by atoms with Crippen LogP contribution < -0.4 is 15.4 Å². The summed E-state index contributed by atoms with van der Waals surface area (Å²) >= 11 is 0. The molecule has 1 heterocycles. The molecule has 2 N–H and O–H groups in total. The van der Waals surface area contributed by atoms with Crippen LogP contribution >= 0.6 is 0 Å². The minimum absolute atomic E-state index is 0.109. The molecule has 6 nitrogen and oxygen atoms in total. The van der Waals surface area contributed by atoms with E-state index in [4.69, 9.17) is 4.74 Å². The number of aliphatic imine (C=N–C) groups is 1. The van der Waals surface area contributed by atoms with E-state index in [9.17, 15) is 9.18 Å². The summed E-state index contributed by atoms with van der Waals surface area (Å²) in [6.07, 6.45) is 1.52. The van der Waals surface area contributed by atoms with Gasteiger partial charge in [-0.1, -0.05) is 24.3 Å². The second-order valence-electron chi connectivity index (χ2n) is 7.69. The third-order valence-corrected chi connectivity index (χ3v) is 5.04. The molecule has 0 aliphatic carbocycles. The van der Waals surface area contributed by atoms with E-state index in [0.717, 1.165) is 30.6 Å². The fourth-order valence-corrected chi connectivity index (χ4v) is 3.38. The molecule has 0 saturated carbocycles. The van der Waals surface area contributed by atoms with Crippen molar-refractivity contribution < 1.29 is 13.9 Å². The Kier molecular flexibility index (Phi) is 8.27. The van der Waals surface area contributed by atoms with E-state index in [0.29, 0.717) is 37.8 Å². The van der Waals surface area contributed by atoms with Gasteiger partial charge < -0.3 is 20.3 Å². The average molecular weight is 427 g/mol. The second-order valence-corrected chi connectivity index (χ2v) is 7.69. The number of halogens is 1. The van der Waals surface area contributed by atoms with Gasteiger partial charge in [0.1, 0.15) is 17.7 Å². The summed E-state index contributed by atoms with van der Waals surface area (Å²) in [4.78, 5) is 18.3. The highest BCUT2D eigenvalue weighted by molar-refractivity contribution is 5.79. The van der Waals surface area contributed by atoms with Crippen molar-refractivity contribution in [3.63, 3.8) is 0 Å². The Labute approximate surface area is 183 Å². The fraction of sp³-hybridized carbons (Fsp3) is 0.417. The van der Waals surface area contributed by atoms with E-state index in [1.807, 2.05) is 18.7 Å². The van der Waals surface area contributed by atoms with Crippen LogP contribution in [0.1, 0.15) is 37.8 Å². The molecule has 2 aromatic carbocycles. The normalized spacial score (nSPS) is 15.1. The standard InChI is InChI=1S/C24H31FN4O2/c1-3-26-24(27-15-18(2)31-22-12-10-21(25)11-13-22)28-16-19-6-8-20(9-7-19)17-29-14-4-5-23(29)30/h6-13,18H,3-5,14-17H2,1-2H3,(H2,26,27,28). The number of hydrogen-bond donors (Lipinski definition) is 2. The maximum Gasteiger partial charge on any atom is 0.222 e. The van der Waals surface area contributed by atoms with Gasteiger partial charge in [0.2, 0.25) is 5.91 Å². The Hall–Kier alpha value is -3.09. The van der Waals surface area contributed by atoms with Crippen molar-refractivity contribution in [1.82, 2.24) is 15.5 Å². The topological polar surface area (TPSA) is 66.0 Å². The monoisotopic (exact) mass is 426 g/mol. The number of rotatable bonds is 9. The first-order chi connectivity index (χ1) is 15.0. The number of guanidine groups is 1. The molecular weight excluding hydrogens is 395 g/mol. The van der Waals surface area contributed by atoms with Gasteiger partial charge in [-0.3, -0.25) is 4.79 Å². The van der Waals surface area contributed by atoms with Gasteiger partial charge in [-0.05, 0) is 55.7 Å². The number of nitrogens with zero attached hydrogens (tertiary/aromatic N) is 2. The van der Waals surface area contributed by atoms with Crippen LogP contribution in [0.2, 0.25) is 0 Å². The molecule has 1 aliphatic heterocycles. The first kappa shape index (κ1) is 22.6. The first-order valence-electron chi connectivity index (χ1n) is 10.8. The summed E-state index contributed by atoms with van der Waals surface area (Å²) in [7, 11) is 0. The molecule has 0 bridgehead atoms. The fourth-order valence-electron chi connectivity index (χ4n) is 3.38. The number of carbonyl (C=O) groups excluding carboxylic acids is 1. The summed E-state index contributed by atoms with van der Waals surface area (Å²) in [6, 6.07) is 14.3. The molecule has 1 fully saturated rings. The zero-order chi connectivity index (χ0) is 22.1. The smallest absolute Gasteiger partial charge is 0.222 e. The average Bonchev–Trinajstić information content (AvgIpc) is 3.17. The van der Waals surface area contributed by atoms with E-state index in [-0.39, 0.29) is 17.8 Å². The summed E-state index contributed by atoms with van der Waals surface area (Å²) in [6.45, 7) is 7.36. The van der Waals surface area contributed by atoms with Crippen molar-refractivity contribution >= 4 is 11.9 Å². The van der Waals surface area contributed by atoms with Crippen LogP contribution in [0.5, 0.6) is 5.75 Å². The van der Waals surface area contributed by atoms with Gasteiger partial charge in [-0.25, -0.2) is 9.38 Å². The molecule has 1 unspecified atom stereocenters. The number of benzene rings is 2. The van der Waals surface area contributed by atoms with E-state index in [1.165, 1.54) is 12.1 Å². The lowest BCUT2D eigenvalue weighted by atomic mass is 10.1. The van der Waals surface area contributed by atoms with Gasteiger partial charge in [0.25, 0.3) is 0 Å². The van der Waals surface area contributed by atoms with E-state index in [1.54, 1.807) is 12.1 Å². The van der Waals surface area contributed by atoms with Gasteiger partial charge in [-0.2, -0.15) is 0 Å². The molecule has 1 aliphatic rings. The van der Waals surface area contributed by atoms with Crippen LogP contribution in [-0.2, 0) is 17.9 Å². The van der Waals surface area contributed by atoms with Crippen LogP contribution in [0.15, 0.2) is 53.5 Å². The summed E-state index contributed by atoms with van der Waals surface area (Å²) < 4.78 is 18.8. The highest BCUT2D eigenvalue weighted by Gasteiger charge is 2.19. The summed E-state index contributed by atoms with van der Waals surface area (Å²) in [5.74, 6) is 1.31. The number of likely N-dealkylation sites (tertiary alicyclic amines) is 1. The Bertz CT molecular complexity index is 868.